The Bertz CT molecular complexity index is 545. The number of aliphatic hydroxyl groups excluding tert-OH is 1. The lowest BCUT2D eigenvalue weighted by Crippen LogP contribution is -2.34. The quantitative estimate of drug-likeness (QED) is 0.789. The van der Waals surface area contributed by atoms with Crippen LogP contribution >= 0.6 is 50.7 Å². The molecule has 1 N–H and O–H groups in total. The average molecular weight is 397 g/mol. The van der Waals surface area contributed by atoms with E-state index in [-0.39, 0.29) is 16.3 Å². The Hall–Kier alpha value is 0.480. The zero-order valence-electron chi connectivity index (χ0n) is 9.20. The van der Waals surface area contributed by atoms with E-state index in [2.05, 4.69) is 15.9 Å². The number of halogens is 4. The minimum Gasteiger partial charge on any atom is -0.384 e. The molecule has 0 aliphatic heterocycles. The summed E-state index contributed by atoms with van der Waals surface area (Å²) in [6.07, 6.45) is -1.52. The van der Waals surface area contributed by atoms with Crippen molar-refractivity contribution in [2.24, 2.45) is 0 Å². The number of rotatable bonds is 4. The van der Waals surface area contributed by atoms with Gasteiger partial charge in [-0.2, -0.15) is 0 Å². The fourth-order valence-corrected chi connectivity index (χ4v) is 4.01. The van der Waals surface area contributed by atoms with Gasteiger partial charge in [0.25, 0.3) is 0 Å². The van der Waals surface area contributed by atoms with Crippen molar-refractivity contribution in [2.75, 3.05) is 5.75 Å². The number of aliphatic hydroxyl groups is 1. The van der Waals surface area contributed by atoms with Gasteiger partial charge in [-0.3, -0.25) is 0 Å². The maximum atomic E-state index is 11.8. The molecule has 0 heterocycles. The van der Waals surface area contributed by atoms with Crippen molar-refractivity contribution < 1.29 is 13.5 Å². The third-order valence-corrected chi connectivity index (χ3v) is 7.57. The Morgan fingerprint density at radius 1 is 1.44 bits per heavy atom. The largest absolute Gasteiger partial charge is 0.384 e. The van der Waals surface area contributed by atoms with E-state index < -0.39 is 19.1 Å². The van der Waals surface area contributed by atoms with E-state index in [1.54, 1.807) is 0 Å². The predicted octanol–water partition coefficient (Wildman–Crippen LogP) is 3.75. The van der Waals surface area contributed by atoms with Gasteiger partial charge in [-0.25, -0.2) is 8.42 Å². The lowest BCUT2D eigenvalue weighted by molar-refractivity contribution is 0.185. The van der Waals surface area contributed by atoms with Crippen LogP contribution in [0.5, 0.6) is 0 Å². The monoisotopic (exact) mass is 394 g/mol. The van der Waals surface area contributed by atoms with Gasteiger partial charge < -0.3 is 5.11 Å². The lowest BCUT2D eigenvalue weighted by Gasteiger charge is -2.26. The Labute approximate surface area is 129 Å². The summed E-state index contributed by atoms with van der Waals surface area (Å²) < 4.78 is 21.6. The molecule has 0 aliphatic carbocycles. The zero-order chi connectivity index (χ0) is 14.1. The molecule has 1 aromatic carbocycles. The highest BCUT2D eigenvalue weighted by Crippen LogP contribution is 2.44. The van der Waals surface area contributed by atoms with Crippen LogP contribution in [0, 0.1) is 0 Å². The highest BCUT2D eigenvalue weighted by Gasteiger charge is 2.46. The zero-order valence-corrected chi connectivity index (χ0v) is 13.9. The van der Waals surface area contributed by atoms with Crippen molar-refractivity contribution in [3.05, 3.63) is 33.8 Å². The van der Waals surface area contributed by atoms with Gasteiger partial charge in [0.05, 0.1) is 5.75 Å². The molecule has 3 nitrogen and oxygen atoms in total. The van der Waals surface area contributed by atoms with Crippen molar-refractivity contribution in [1.29, 1.82) is 0 Å². The van der Waals surface area contributed by atoms with E-state index in [4.69, 9.17) is 34.8 Å². The third kappa shape index (κ3) is 3.14. The molecule has 0 bridgehead atoms. The second-order valence-electron chi connectivity index (χ2n) is 3.53. The maximum Gasteiger partial charge on any atom is 0.229 e. The molecule has 0 saturated heterocycles. The van der Waals surface area contributed by atoms with Gasteiger partial charge in [-0.1, -0.05) is 47.8 Å². The van der Waals surface area contributed by atoms with Crippen LogP contribution in [0.4, 0.5) is 0 Å². The molecule has 1 rings (SSSR count). The smallest absolute Gasteiger partial charge is 0.229 e. The first-order valence-electron chi connectivity index (χ1n) is 4.86. The van der Waals surface area contributed by atoms with Crippen LogP contribution in [0.1, 0.15) is 18.6 Å². The van der Waals surface area contributed by atoms with Crippen molar-refractivity contribution >= 4 is 60.6 Å². The Morgan fingerprint density at radius 3 is 2.44 bits per heavy atom. The third-order valence-electron chi connectivity index (χ3n) is 2.37. The molecule has 0 aliphatic rings. The van der Waals surface area contributed by atoms with E-state index >= 15 is 0 Å². The summed E-state index contributed by atoms with van der Waals surface area (Å²) in [5, 5.41) is 10.6. The van der Waals surface area contributed by atoms with Crippen LogP contribution in [0.2, 0.25) is 10.0 Å². The van der Waals surface area contributed by atoms with Gasteiger partial charge in [0.1, 0.15) is 6.10 Å². The first-order valence-corrected chi connectivity index (χ1v) is 8.44. The summed E-state index contributed by atoms with van der Waals surface area (Å²) >= 11 is 20.4. The molecule has 0 spiro atoms. The molecule has 0 aromatic heterocycles. The van der Waals surface area contributed by atoms with E-state index in [9.17, 15) is 13.5 Å². The molecule has 0 amide bonds. The summed E-state index contributed by atoms with van der Waals surface area (Å²) in [5.41, 5.74) is 0.185. The fourth-order valence-electron chi connectivity index (χ4n) is 1.27. The predicted molar refractivity (Wildman–Crippen MR) is 78.4 cm³/mol. The molecular formula is C10H10BrCl3O3S. The van der Waals surface area contributed by atoms with Crippen LogP contribution in [0.25, 0.3) is 0 Å². The Balaban J connectivity index is 3.26. The van der Waals surface area contributed by atoms with Crippen molar-refractivity contribution in [1.82, 2.24) is 0 Å². The summed E-state index contributed by atoms with van der Waals surface area (Å²) in [6.45, 7) is 1.43. The summed E-state index contributed by atoms with van der Waals surface area (Å²) in [6, 6.07) is 4.32. The molecular weight excluding hydrogens is 386 g/mol. The molecule has 18 heavy (non-hydrogen) atoms. The van der Waals surface area contributed by atoms with Crippen LogP contribution in [-0.2, 0) is 9.84 Å². The first-order chi connectivity index (χ1) is 8.13. The summed E-state index contributed by atoms with van der Waals surface area (Å²) in [7, 11) is -3.73. The van der Waals surface area contributed by atoms with Gasteiger partial charge in [0, 0.05) is 15.6 Å². The van der Waals surface area contributed by atoms with Crippen LogP contribution < -0.4 is 0 Å². The second kappa shape index (κ2) is 5.85. The van der Waals surface area contributed by atoms with Crippen LogP contribution in [0.3, 0.4) is 0 Å². The normalized spacial score (nSPS) is 17.2. The topological polar surface area (TPSA) is 54.4 Å². The molecule has 0 fully saturated rings. The number of sulfone groups is 1. The fraction of sp³-hybridized carbons (Fsp3) is 0.400. The lowest BCUT2D eigenvalue weighted by atomic mass is 10.1. The van der Waals surface area contributed by atoms with Gasteiger partial charge in [-0.15, -0.1) is 0 Å². The van der Waals surface area contributed by atoms with Gasteiger partial charge in [-0.05, 0) is 28.1 Å². The van der Waals surface area contributed by atoms with E-state index in [0.29, 0.717) is 5.02 Å². The minimum absolute atomic E-state index is 0.144. The molecule has 102 valence electrons. The first kappa shape index (κ1) is 16.5. The maximum absolute atomic E-state index is 11.8. The van der Waals surface area contributed by atoms with Crippen LogP contribution in [-0.4, -0.2) is 22.4 Å². The van der Waals surface area contributed by atoms with Crippen molar-refractivity contribution in [3.63, 3.8) is 0 Å². The van der Waals surface area contributed by atoms with Gasteiger partial charge in [0.15, 0.2) is 9.84 Å². The highest BCUT2D eigenvalue weighted by molar-refractivity contribution is 9.12. The molecule has 1 aromatic rings. The molecule has 0 radical (unpaired) electrons. The standard InChI is InChI=1S/C10H10BrCl3O3S/c1-2-18(16,17)10(11,14)9(15)7-4-3-6(12)5-8(7)13/h3-5,9,15H,2H2,1H3/t9-,10-/m0/s1. The Kier molecular flexibility index (Phi) is 5.38. The van der Waals surface area contributed by atoms with E-state index in [1.807, 2.05) is 0 Å². The van der Waals surface area contributed by atoms with E-state index in [0.717, 1.165) is 0 Å². The number of hydrogen-bond acceptors (Lipinski definition) is 3. The highest BCUT2D eigenvalue weighted by atomic mass is 79.9. The SMILES string of the molecule is CCS(=O)(=O)[C@](Cl)(Br)[C@@H](O)c1ccc(Cl)cc1Cl. The minimum atomic E-state index is -3.73. The Morgan fingerprint density at radius 2 is 2.00 bits per heavy atom. The molecule has 0 unspecified atom stereocenters. The molecule has 2 atom stereocenters. The number of benzene rings is 1. The number of alkyl halides is 2. The number of hydrogen-bond donors (Lipinski definition) is 1. The van der Waals surface area contributed by atoms with E-state index in [1.165, 1.54) is 25.1 Å². The van der Waals surface area contributed by atoms with Crippen molar-refractivity contribution in [2.45, 2.75) is 16.1 Å². The van der Waals surface area contributed by atoms with Crippen molar-refractivity contribution in [3.8, 4) is 0 Å². The van der Waals surface area contributed by atoms with Gasteiger partial charge in [0.2, 0.25) is 3.12 Å². The molecule has 0 saturated carbocycles. The van der Waals surface area contributed by atoms with Gasteiger partial charge >= 0.3 is 0 Å². The average Bonchev–Trinajstić information content (AvgIpc) is 2.28. The van der Waals surface area contributed by atoms with Crippen LogP contribution in [0.15, 0.2) is 18.2 Å². The second-order valence-corrected chi connectivity index (χ2v) is 9.88. The summed E-state index contributed by atoms with van der Waals surface area (Å²) in [5.74, 6) is -0.218. The summed E-state index contributed by atoms with van der Waals surface area (Å²) in [4.78, 5) is 0. The molecule has 8 heteroatoms.